The molecule has 2 N–H and O–H groups in total. The Morgan fingerprint density at radius 1 is 1.58 bits per heavy atom. The second-order valence-electron chi connectivity index (χ2n) is 4.04. The van der Waals surface area contributed by atoms with Gasteiger partial charge in [-0.05, 0) is 6.07 Å². The van der Waals surface area contributed by atoms with E-state index < -0.39 is 10.8 Å². The van der Waals surface area contributed by atoms with E-state index in [-0.39, 0.29) is 29.6 Å². The molecule has 1 aromatic rings. The highest BCUT2D eigenvalue weighted by Crippen LogP contribution is 2.27. The van der Waals surface area contributed by atoms with Crippen LogP contribution in [0.4, 0.5) is 5.69 Å². The number of halogens is 1. The lowest BCUT2D eigenvalue weighted by molar-refractivity contribution is -0.384. The Bertz CT molecular complexity index is 573. The summed E-state index contributed by atoms with van der Waals surface area (Å²) in [6.07, 6.45) is 0.0890. The first-order valence-electron chi connectivity index (χ1n) is 5.44. The number of carbonyl (C=O) groups excluding carboxylic acids is 1. The molecule has 0 bridgehead atoms. The monoisotopic (exact) mass is 283 g/mol. The number of hydrazone groups is 1. The number of rotatable bonds is 3. The first kappa shape index (κ1) is 13.4. The second kappa shape index (κ2) is 5.33. The van der Waals surface area contributed by atoms with Gasteiger partial charge in [-0.3, -0.25) is 14.9 Å². The number of nitrogens with zero attached hydrogens (tertiary/aromatic N) is 2. The average molecular weight is 284 g/mol. The third kappa shape index (κ3) is 2.72. The molecule has 1 aromatic carbocycles. The van der Waals surface area contributed by atoms with E-state index in [1.54, 1.807) is 6.07 Å². The molecule has 1 heterocycles. The fourth-order valence-electron chi connectivity index (χ4n) is 1.84. The van der Waals surface area contributed by atoms with Crippen LogP contribution in [0.1, 0.15) is 12.0 Å². The number of nitro benzene ring substituents is 1. The molecular formula is C11H10ClN3O4. The van der Waals surface area contributed by atoms with E-state index in [1.165, 1.54) is 12.1 Å². The van der Waals surface area contributed by atoms with E-state index in [2.05, 4.69) is 10.5 Å². The molecule has 1 atom stereocenters. The predicted octanol–water partition coefficient (Wildman–Crippen LogP) is 1.08. The summed E-state index contributed by atoms with van der Waals surface area (Å²) in [5.74, 6) is -0.777. The minimum absolute atomic E-state index is 0.0229. The largest absolute Gasteiger partial charge is 0.396 e. The molecule has 0 spiro atoms. The summed E-state index contributed by atoms with van der Waals surface area (Å²) in [5.41, 5.74) is 2.91. The van der Waals surface area contributed by atoms with E-state index in [0.717, 1.165) is 0 Å². The molecule has 0 fully saturated rings. The normalized spacial score (nSPS) is 18.7. The zero-order chi connectivity index (χ0) is 14.0. The molecular weight excluding hydrogens is 274 g/mol. The highest BCUT2D eigenvalue weighted by atomic mass is 35.5. The van der Waals surface area contributed by atoms with Crippen molar-refractivity contribution in [2.24, 2.45) is 11.0 Å². The summed E-state index contributed by atoms with van der Waals surface area (Å²) in [5, 5.41) is 24.0. The molecule has 0 radical (unpaired) electrons. The lowest BCUT2D eigenvalue weighted by atomic mass is 9.93. The number of carbonyl (C=O) groups is 1. The highest BCUT2D eigenvalue weighted by molar-refractivity contribution is 6.32. The molecule has 1 amide bonds. The number of hydrogen-bond donors (Lipinski definition) is 2. The zero-order valence-electron chi connectivity index (χ0n) is 9.67. The van der Waals surface area contributed by atoms with E-state index in [0.29, 0.717) is 11.3 Å². The maximum Gasteiger partial charge on any atom is 0.288 e. The van der Waals surface area contributed by atoms with Crippen molar-refractivity contribution < 1.29 is 14.8 Å². The Balaban J connectivity index is 2.43. The second-order valence-corrected chi connectivity index (χ2v) is 4.45. The molecule has 100 valence electrons. The Labute approximate surface area is 113 Å². The summed E-state index contributed by atoms with van der Waals surface area (Å²) in [6, 6.07) is 4.23. The lowest BCUT2D eigenvalue weighted by Crippen LogP contribution is -2.35. The van der Waals surface area contributed by atoms with Crippen molar-refractivity contribution in [2.45, 2.75) is 6.42 Å². The van der Waals surface area contributed by atoms with Gasteiger partial charge in [-0.2, -0.15) is 5.10 Å². The molecule has 0 aromatic heterocycles. The summed E-state index contributed by atoms with van der Waals surface area (Å²) in [4.78, 5) is 21.4. The number of aliphatic hydroxyl groups excluding tert-OH is 1. The fourth-order valence-corrected chi connectivity index (χ4v) is 2.03. The van der Waals surface area contributed by atoms with Crippen LogP contribution in [0.2, 0.25) is 5.02 Å². The van der Waals surface area contributed by atoms with Crippen LogP contribution >= 0.6 is 11.6 Å². The Hall–Kier alpha value is -1.99. The zero-order valence-corrected chi connectivity index (χ0v) is 10.4. The molecule has 1 aliphatic heterocycles. The van der Waals surface area contributed by atoms with Gasteiger partial charge in [0.1, 0.15) is 5.02 Å². The maximum atomic E-state index is 11.2. The predicted molar refractivity (Wildman–Crippen MR) is 68.0 cm³/mol. The Kier molecular flexibility index (Phi) is 3.77. The molecule has 0 saturated carbocycles. The van der Waals surface area contributed by atoms with Gasteiger partial charge in [0.25, 0.3) is 5.69 Å². The first-order chi connectivity index (χ1) is 9.02. The van der Waals surface area contributed by atoms with Crippen molar-refractivity contribution in [3.05, 3.63) is 38.9 Å². The van der Waals surface area contributed by atoms with Crippen LogP contribution in [0.3, 0.4) is 0 Å². The van der Waals surface area contributed by atoms with Gasteiger partial charge in [0.05, 0.1) is 17.2 Å². The van der Waals surface area contributed by atoms with Gasteiger partial charge in [-0.1, -0.05) is 17.7 Å². The first-order valence-corrected chi connectivity index (χ1v) is 5.82. The SMILES string of the molecule is O=C1CC(CO)C(c2ccc(Cl)c([N+](=O)[O-])c2)=NN1. The topological polar surface area (TPSA) is 105 Å². The van der Waals surface area contributed by atoms with Crippen molar-refractivity contribution in [2.75, 3.05) is 6.61 Å². The van der Waals surface area contributed by atoms with Gasteiger partial charge in [0, 0.05) is 24.0 Å². The van der Waals surface area contributed by atoms with E-state index in [4.69, 9.17) is 11.6 Å². The molecule has 19 heavy (non-hydrogen) atoms. The quantitative estimate of drug-likeness (QED) is 0.639. The molecule has 8 heteroatoms. The van der Waals surface area contributed by atoms with Crippen molar-refractivity contribution in [1.29, 1.82) is 0 Å². The van der Waals surface area contributed by atoms with Gasteiger partial charge in [0.15, 0.2) is 0 Å². The van der Waals surface area contributed by atoms with Gasteiger partial charge in [-0.15, -0.1) is 0 Å². The molecule has 2 rings (SSSR count). The van der Waals surface area contributed by atoms with Crippen LogP contribution in [-0.4, -0.2) is 28.3 Å². The number of aliphatic hydroxyl groups is 1. The van der Waals surface area contributed by atoms with Gasteiger partial charge >= 0.3 is 0 Å². The molecule has 1 unspecified atom stereocenters. The lowest BCUT2D eigenvalue weighted by Gasteiger charge is -2.20. The minimum atomic E-state index is -0.595. The van der Waals surface area contributed by atoms with Crippen LogP contribution in [-0.2, 0) is 4.79 Å². The van der Waals surface area contributed by atoms with Gasteiger partial charge in [-0.25, -0.2) is 5.43 Å². The third-order valence-corrected chi connectivity index (χ3v) is 3.10. The van der Waals surface area contributed by atoms with Crippen molar-refractivity contribution >= 4 is 28.9 Å². The van der Waals surface area contributed by atoms with Crippen LogP contribution in [0.25, 0.3) is 0 Å². The summed E-state index contributed by atoms with van der Waals surface area (Å²) >= 11 is 5.72. The molecule has 7 nitrogen and oxygen atoms in total. The fraction of sp³-hybridized carbons (Fsp3) is 0.273. The van der Waals surface area contributed by atoms with Crippen LogP contribution in [0.5, 0.6) is 0 Å². The smallest absolute Gasteiger partial charge is 0.288 e. The number of nitrogens with one attached hydrogen (secondary N) is 1. The number of hydrogen-bond acceptors (Lipinski definition) is 5. The summed E-state index contributed by atoms with van der Waals surface area (Å²) in [6.45, 7) is -0.261. The van der Waals surface area contributed by atoms with E-state index in [1.807, 2.05) is 0 Å². The van der Waals surface area contributed by atoms with Crippen LogP contribution in [0, 0.1) is 16.0 Å². The Morgan fingerprint density at radius 3 is 2.95 bits per heavy atom. The van der Waals surface area contributed by atoms with Crippen molar-refractivity contribution in [3.63, 3.8) is 0 Å². The highest BCUT2D eigenvalue weighted by Gasteiger charge is 2.26. The standard InChI is InChI=1S/C11H10ClN3O4/c12-8-2-1-6(3-9(8)15(18)19)11-7(5-16)4-10(17)13-14-11/h1-3,7,16H,4-5H2,(H,13,17). The third-order valence-electron chi connectivity index (χ3n) is 2.78. The van der Waals surface area contributed by atoms with E-state index >= 15 is 0 Å². The van der Waals surface area contributed by atoms with Gasteiger partial charge < -0.3 is 5.11 Å². The summed E-state index contributed by atoms with van der Waals surface area (Å²) in [7, 11) is 0. The summed E-state index contributed by atoms with van der Waals surface area (Å²) < 4.78 is 0. The Morgan fingerprint density at radius 2 is 2.32 bits per heavy atom. The van der Waals surface area contributed by atoms with Crippen molar-refractivity contribution in [3.8, 4) is 0 Å². The molecule has 1 aliphatic rings. The number of amides is 1. The molecule has 0 saturated heterocycles. The number of benzene rings is 1. The van der Waals surface area contributed by atoms with E-state index in [9.17, 15) is 20.0 Å². The molecule has 0 aliphatic carbocycles. The van der Waals surface area contributed by atoms with Crippen LogP contribution < -0.4 is 5.43 Å². The van der Waals surface area contributed by atoms with Gasteiger partial charge in [0.2, 0.25) is 5.91 Å². The number of nitro groups is 1. The van der Waals surface area contributed by atoms with Crippen LogP contribution in [0.15, 0.2) is 23.3 Å². The minimum Gasteiger partial charge on any atom is -0.396 e. The van der Waals surface area contributed by atoms with Crippen molar-refractivity contribution in [1.82, 2.24) is 5.43 Å². The maximum absolute atomic E-state index is 11.2. The average Bonchev–Trinajstić information content (AvgIpc) is 2.39.